The van der Waals surface area contributed by atoms with E-state index in [2.05, 4.69) is 15.3 Å². The number of nitrogens with zero attached hydrogens (tertiary/aromatic N) is 3. The number of hydrazine groups is 1. The maximum Gasteiger partial charge on any atom is 0.145 e. The molecule has 3 rings (SSSR count). The van der Waals surface area contributed by atoms with E-state index in [1.165, 1.54) is 12.8 Å². The summed E-state index contributed by atoms with van der Waals surface area (Å²) in [4.78, 5) is 11.4. The van der Waals surface area contributed by atoms with Crippen molar-refractivity contribution in [2.24, 2.45) is 5.84 Å². The number of hydrogen-bond acceptors (Lipinski definition) is 6. The Morgan fingerprint density at radius 3 is 2.85 bits per heavy atom. The molecule has 1 aromatic heterocycles. The Bertz CT molecular complexity index is 486. The van der Waals surface area contributed by atoms with Crippen LogP contribution in [0.25, 0.3) is 0 Å². The lowest BCUT2D eigenvalue weighted by Gasteiger charge is -2.24. The summed E-state index contributed by atoms with van der Waals surface area (Å²) in [7, 11) is 0. The van der Waals surface area contributed by atoms with E-state index in [9.17, 15) is 5.11 Å². The van der Waals surface area contributed by atoms with Crippen LogP contribution in [0.5, 0.6) is 0 Å². The van der Waals surface area contributed by atoms with Crippen LogP contribution in [0.15, 0.2) is 6.07 Å². The molecule has 1 unspecified atom stereocenters. The maximum absolute atomic E-state index is 10.2. The normalized spacial score (nSPS) is 27.2. The fourth-order valence-corrected chi connectivity index (χ4v) is 2.71. The summed E-state index contributed by atoms with van der Waals surface area (Å²) in [6.07, 6.45) is 4.92. The van der Waals surface area contributed by atoms with Crippen LogP contribution < -0.4 is 16.2 Å². The van der Waals surface area contributed by atoms with Gasteiger partial charge in [-0.15, -0.1) is 0 Å². The van der Waals surface area contributed by atoms with Crippen molar-refractivity contribution in [3.05, 3.63) is 11.9 Å². The quantitative estimate of drug-likeness (QED) is 0.571. The predicted molar refractivity (Wildman–Crippen MR) is 78.5 cm³/mol. The van der Waals surface area contributed by atoms with Gasteiger partial charge in [-0.05, 0) is 39.0 Å². The third-order valence-electron chi connectivity index (χ3n) is 4.21. The number of aliphatic hydroxyl groups is 1. The molecule has 2 heterocycles. The van der Waals surface area contributed by atoms with Gasteiger partial charge in [0.1, 0.15) is 17.5 Å². The molecule has 0 radical (unpaired) electrons. The Morgan fingerprint density at radius 2 is 2.15 bits per heavy atom. The van der Waals surface area contributed by atoms with Crippen molar-refractivity contribution in [1.82, 2.24) is 9.97 Å². The molecule has 0 spiro atoms. The smallest absolute Gasteiger partial charge is 0.145 e. The van der Waals surface area contributed by atoms with Gasteiger partial charge in [0.15, 0.2) is 0 Å². The minimum Gasteiger partial charge on any atom is -0.390 e. The topological polar surface area (TPSA) is 87.3 Å². The minimum absolute atomic E-state index is 0.497. The second-order valence-corrected chi connectivity index (χ2v) is 6.23. The Labute approximate surface area is 119 Å². The van der Waals surface area contributed by atoms with Crippen LogP contribution in [0, 0.1) is 0 Å². The molecule has 2 aliphatic rings. The molecule has 0 amide bonds. The standard InChI is InChI=1S/C14H23N5O/c1-14(20)5-2-7-19(8-6-14)12-9-11(18-15)16-13(17-12)10-3-4-10/h9-10,20H,2-8,15H2,1H3,(H,16,17,18). The SMILES string of the molecule is CC1(O)CCCN(c2cc(NN)nc(C3CC3)n2)CC1. The molecule has 110 valence electrons. The fraction of sp³-hybridized carbons (Fsp3) is 0.714. The number of nitrogen functional groups attached to an aromatic ring is 1. The molecule has 2 fully saturated rings. The van der Waals surface area contributed by atoms with Crippen LogP contribution in [0.2, 0.25) is 0 Å². The summed E-state index contributed by atoms with van der Waals surface area (Å²) >= 11 is 0. The van der Waals surface area contributed by atoms with Crippen LogP contribution in [0.3, 0.4) is 0 Å². The predicted octanol–water partition coefficient (Wildman–Crippen LogP) is 1.38. The summed E-state index contributed by atoms with van der Waals surface area (Å²) in [5.74, 6) is 8.50. The zero-order valence-corrected chi connectivity index (χ0v) is 12.0. The highest BCUT2D eigenvalue weighted by Gasteiger charge is 2.29. The van der Waals surface area contributed by atoms with Crippen molar-refractivity contribution < 1.29 is 5.11 Å². The highest BCUT2D eigenvalue weighted by molar-refractivity contribution is 5.49. The van der Waals surface area contributed by atoms with Crippen LogP contribution >= 0.6 is 0 Å². The molecule has 1 saturated heterocycles. The summed E-state index contributed by atoms with van der Waals surface area (Å²) in [5.41, 5.74) is 2.07. The van der Waals surface area contributed by atoms with Crippen molar-refractivity contribution in [2.75, 3.05) is 23.4 Å². The molecular weight excluding hydrogens is 254 g/mol. The average Bonchev–Trinajstić information content (AvgIpc) is 3.25. The van der Waals surface area contributed by atoms with E-state index < -0.39 is 5.60 Å². The zero-order chi connectivity index (χ0) is 14.2. The number of nitrogens with two attached hydrogens (primary N) is 1. The van der Waals surface area contributed by atoms with Gasteiger partial charge in [0.25, 0.3) is 0 Å². The van der Waals surface area contributed by atoms with Crippen LogP contribution in [0.4, 0.5) is 11.6 Å². The van der Waals surface area contributed by atoms with E-state index in [1.54, 1.807) is 0 Å². The lowest BCUT2D eigenvalue weighted by Crippen LogP contribution is -2.29. The van der Waals surface area contributed by atoms with Crippen molar-refractivity contribution >= 4 is 11.6 Å². The minimum atomic E-state index is -0.559. The number of hydrogen-bond donors (Lipinski definition) is 3. The van der Waals surface area contributed by atoms with Gasteiger partial charge in [-0.1, -0.05) is 0 Å². The molecule has 1 aliphatic carbocycles. The van der Waals surface area contributed by atoms with Gasteiger partial charge in [-0.25, -0.2) is 15.8 Å². The molecule has 6 heteroatoms. The molecule has 4 N–H and O–H groups in total. The molecule has 1 atom stereocenters. The third kappa shape index (κ3) is 3.02. The van der Waals surface area contributed by atoms with Gasteiger partial charge in [0, 0.05) is 25.1 Å². The highest BCUT2D eigenvalue weighted by Crippen LogP contribution is 2.39. The zero-order valence-electron chi connectivity index (χ0n) is 12.0. The van der Waals surface area contributed by atoms with Crippen molar-refractivity contribution in [3.63, 3.8) is 0 Å². The first-order chi connectivity index (χ1) is 9.57. The first-order valence-corrected chi connectivity index (χ1v) is 7.40. The first kappa shape index (κ1) is 13.6. The molecular formula is C14H23N5O. The second kappa shape index (κ2) is 5.18. The van der Waals surface area contributed by atoms with E-state index in [4.69, 9.17) is 10.8 Å². The molecule has 0 bridgehead atoms. The first-order valence-electron chi connectivity index (χ1n) is 7.40. The number of aromatic nitrogens is 2. The molecule has 1 aliphatic heterocycles. The number of nitrogens with one attached hydrogen (secondary N) is 1. The van der Waals surface area contributed by atoms with E-state index in [-0.39, 0.29) is 0 Å². The lowest BCUT2D eigenvalue weighted by molar-refractivity contribution is 0.0481. The third-order valence-corrected chi connectivity index (χ3v) is 4.21. The van der Waals surface area contributed by atoms with Crippen molar-refractivity contribution in [3.8, 4) is 0 Å². The lowest BCUT2D eigenvalue weighted by atomic mass is 9.98. The Balaban J connectivity index is 1.83. The van der Waals surface area contributed by atoms with Gasteiger partial charge < -0.3 is 15.4 Å². The highest BCUT2D eigenvalue weighted by atomic mass is 16.3. The molecule has 1 aromatic rings. The van der Waals surface area contributed by atoms with Gasteiger partial charge in [0.2, 0.25) is 0 Å². The Morgan fingerprint density at radius 1 is 1.35 bits per heavy atom. The van der Waals surface area contributed by atoms with Gasteiger partial charge in [-0.3, -0.25) is 0 Å². The van der Waals surface area contributed by atoms with E-state index >= 15 is 0 Å². The fourth-order valence-electron chi connectivity index (χ4n) is 2.71. The largest absolute Gasteiger partial charge is 0.390 e. The van der Waals surface area contributed by atoms with Crippen molar-refractivity contribution in [2.45, 2.75) is 50.5 Å². The summed E-state index contributed by atoms with van der Waals surface area (Å²) in [5, 5.41) is 10.2. The van der Waals surface area contributed by atoms with Gasteiger partial charge >= 0.3 is 0 Å². The summed E-state index contributed by atoms with van der Waals surface area (Å²) < 4.78 is 0. The van der Waals surface area contributed by atoms with Crippen molar-refractivity contribution in [1.29, 1.82) is 0 Å². The van der Waals surface area contributed by atoms with Gasteiger partial charge in [0.05, 0.1) is 5.60 Å². The number of rotatable bonds is 3. The van der Waals surface area contributed by atoms with E-state index in [1.807, 2.05) is 13.0 Å². The summed E-state index contributed by atoms with van der Waals surface area (Å²) in [6.45, 7) is 3.65. The van der Waals surface area contributed by atoms with E-state index in [0.717, 1.165) is 44.0 Å². The average molecular weight is 277 g/mol. The maximum atomic E-state index is 10.2. The monoisotopic (exact) mass is 277 g/mol. The Hall–Kier alpha value is -1.40. The van der Waals surface area contributed by atoms with Crippen LogP contribution in [-0.2, 0) is 0 Å². The van der Waals surface area contributed by atoms with E-state index in [0.29, 0.717) is 11.7 Å². The van der Waals surface area contributed by atoms with Crippen LogP contribution in [-0.4, -0.2) is 33.8 Å². The second-order valence-electron chi connectivity index (χ2n) is 6.23. The summed E-state index contributed by atoms with van der Waals surface area (Å²) in [6, 6.07) is 1.89. The van der Waals surface area contributed by atoms with Crippen LogP contribution in [0.1, 0.15) is 50.8 Å². The molecule has 0 aromatic carbocycles. The number of anilines is 2. The molecule has 20 heavy (non-hydrogen) atoms. The molecule has 6 nitrogen and oxygen atoms in total. The molecule has 1 saturated carbocycles. The Kier molecular flexibility index (Phi) is 3.52. The van der Waals surface area contributed by atoms with Gasteiger partial charge in [-0.2, -0.15) is 0 Å².